The van der Waals surface area contributed by atoms with Crippen molar-refractivity contribution in [2.45, 2.75) is 12.6 Å². The number of anilines is 2. The van der Waals surface area contributed by atoms with Crippen LogP contribution in [-0.4, -0.2) is 31.6 Å². The zero-order chi connectivity index (χ0) is 24.3. The molecule has 172 valence electrons. The molecule has 0 unspecified atom stereocenters. The summed E-state index contributed by atoms with van der Waals surface area (Å²) < 4.78 is 42.8. The lowest BCUT2D eigenvalue weighted by Crippen LogP contribution is -2.31. The number of methoxy groups -OCH3 is 1. The molecule has 4 rings (SSSR count). The number of ether oxygens (including phenoxy) is 1. The molecule has 2 amide bonds. The summed E-state index contributed by atoms with van der Waals surface area (Å²) in [5.74, 6) is 3.13. The molecule has 0 aromatic heterocycles. The molecule has 1 N–H and O–H groups in total. The Kier molecular flexibility index (Phi) is 6.28. The highest BCUT2D eigenvalue weighted by Crippen LogP contribution is 2.32. The monoisotopic (exact) mass is 464 g/mol. The van der Waals surface area contributed by atoms with Gasteiger partial charge in [-0.3, -0.25) is 14.5 Å². The maximum atomic E-state index is 13.2. The number of carbonyl (C=O) groups is 2. The van der Waals surface area contributed by atoms with Gasteiger partial charge < -0.3 is 10.1 Å². The average Bonchev–Trinajstić information content (AvgIpc) is 2.92. The third kappa shape index (κ3) is 5.04. The predicted molar refractivity (Wildman–Crippen MR) is 122 cm³/mol. The predicted octanol–water partition coefficient (Wildman–Crippen LogP) is 5.06. The van der Waals surface area contributed by atoms with Crippen molar-refractivity contribution in [2.75, 3.05) is 23.9 Å². The van der Waals surface area contributed by atoms with Gasteiger partial charge in [0.25, 0.3) is 11.8 Å². The third-order valence-corrected chi connectivity index (χ3v) is 5.32. The van der Waals surface area contributed by atoms with E-state index in [1.807, 2.05) is 0 Å². The van der Waals surface area contributed by atoms with Gasteiger partial charge in [-0.2, -0.15) is 13.2 Å². The van der Waals surface area contributed by atoms with Crippen molar-refractivity contribution in [3.63, 3.8) is 0 Å². The Morgan fingerprint density at radius 3 is 2.50 bits per heavy atom. The SMILES string of the molecule is COc1ccc(C(=O)Nc2ccc3c(c2)Cc2ccccc2C(=O)N3CC#CC(F)(F)F)cc1. The Hall–Kier alpha value is -4.25. The van der Waals surface area contributed by atoms with Gasteiger partial charge in [0, 0.05) is 34.8 Å². The quantitative estimate of drug-likeness (QED) is 0.549. The molecule has 0 bridgehead atoms. The van der Waals surface area contributed by atoms with Gasteiger partial charge in [0.05, 0.1) is 13.7 Å². The zero-order valence-corrected chi connectivity index (χ0v) is 18.1. The lowest BCUT2D eigenvalue weighted by molar-refractivity contribution is -0.0697. The van der Waals surface area contributed by atoms with E-state index in [0.29, 0.717) is 40.2 Å². The summed E-state index contributed by atoms with van der Waals surface area (Å²) in [4.78, 5) is 27.0. The minimum atomic E-state index is -4.65. The molecule has 0 fully saturated rings. The van der Waals surface area contributed by atoms with E-state index in [4.69, 9.17) is 4.74 Å². The summed E-state index contributed by atoms with van der Waals surface area (Å²) in [5.41, 5.74) is 3.18. The first-order valence-corrected chi connectivity index (χ1v) is 10.3. The molecule has 1 heterocycles. The first-order valence-electron chi connectivity index (χ1n) is 10.3. The number of alkyl halides is 3. The lowest BCUT2D eigenvalue weighted by Gasteiger charge is -2.21. The van der Waals surface area contributed by atoms with E-state index in [1.165, 1.54) is 17.9 Å². The maximum absolute atomic E-state index is 13.2. The first kappa shape index (κ1) is 22.9. The second-order valence-electron chi connectivity index (χ2n) is 7.55. The smallest absolute Gasteiger partial charge is 0.457 e. The van der Waals surface area contributed by atoms with Crippen LogP contribution in [0.1, 0.15) is 31.8 Å². The van der Waals surface area contributed by atoms with Crippen LogP contribution in [0.25, 0.3) is 0 Å². The minimum absolute atomic E-state index is 0.333. The van der Waals surface area contributed by atoms with Crippen molar-refractivity contribution < 1.29 is 27.5 Å². The van der Waals surface area contributed by atoms with E-state index < -0.39 is 18.6 Å². The van der Waals surface area contributed by atoms with Gasteiger partial charge in [0.2, 0.25) is 0 Å². The van der Waals surface area contributed by atoms with Gasteiger partial charge in [0.1, 0.15) is 5.75 Å². The molecule has 1 aliphatic heterocycles. The molecular formula is C26H19F3N2O3. The number of amides is 2. The molecule has 1 aliphatic rings. The number of rotatable bonds is 4. The van der Waals surface area contributed by atoms with E-state index in [-0.39, 0.29) is 5.91 Å². The summed E-state index contributed by atoms with van der Waals surface area (Å²) >= 11 is 0. The molecule has 5 nitrogen and oxygen atoms in total. The summed E-state index contributed by atoms with van der Waals surface area (Å²) in [5, 5.41) is 2.82. The fraction of sp³-hybridized carbons (Fsp3) is 0.154. The average molecular weight is 464 g/mol. The highest BCUT2D eigenvalue weighted by atomic mass is 19.4. The number of carbonyl (C=O) groups excluding carboxylic acids is 2. The van der Waals surface area contributed by atoms with Gasteiger partial charge in [-0.15, -0.1) is 0 Å². The van der Waals surface area contributed by atoms with Crippen LogP contribution in [0.5, 0.6) is 5.75 Å². The Labute approximate surface area is 194 Å². The lowest BCUT2D eigenvalue weighted by atomic mass is 10.00. The van der Waals surface area contributed by atoms with Crippen LogP contribution < -0.4 is 15.0 Å². The van der Waals surface area contributed by atoms with Crippen molar-refractivity contribution in [1.82, 2.24) is 0 Å². The van der Waals surface area contributed by atoms with Crippen LogP contribution >= 0.6 is 0 Å². The number of benzene rings is 3. The van der Waals surface area contributed by atoms with E-state index in [0.717, 1.165) is 5.56 Å². The number of fused-ring (bicyclic) bond motifs is 2. The number of hydrogen-bond acceptors (Lipinski definition) is 3. The van der Waals surface area contributed by atoms with Crippen LogP contribution in [0, 0.1) is 11.8 Å². The number of nitrogens with zero attached hydrogens (tertiary/aromatic N) is 1. The molecule has 0 saturated heterocycles. The fourth-order valence-electron chi connectivity index (χ4n) is 3.73. The standard InChI is InChI=1S/C26H19F3N2O3/c1-34-21-10-7-17(8-11-21)24(32)30-20-9-12-23-19(16-20)15-18-5-2-3-6-22(18)25(33)31(23)14-4-13-26(27,28)29/h2-3,5-12,16H,14-15H2,1H3,(H,30,32). The highest BCUT2D eigenvalue weighted by Gasteiger charge is 2.27. The maximum Gasteiger partial charge on any atom is 0.457 e. The molecule has 34 heavy (non-hydrogen) atoms. The summed E-state index contributed by atoms with van der Waals surface area (Å²) in [6.45, 7) is -0.419. The topological polar surface area (TPSA) is 58.6 Å². The Morgan fingerprint density at radius 1 is 1.06 bits per heavy atom. The van der Waals surface area contributed by atoms with Gasteiger partial charge in [-0.05, 0) is 59.7 Å². The van der Waals surface area contributed by atoms with E-state index in [2.05, 4.69) is 11.2 Å². The number of hydrogen-bond donors (Lipinski definition) is 1. The Bertz CT molecular complexity index is 1310. The molecule has 8 heteroatoms. The minimum Gasteiger partial charge on any atom is -0.497 e. The normalized spacial score (nSPS) is 12.6. The molecule has 0 aliphatic carbocycles. The van der Waals surface area contributed by atoms with E-state index in [1.54, 1.807) is 66.7 Å². The second-order valence-corrected chi connectivity index (χ2v) is 7.55. The fourth-order valence-corrected chi connectivity index (χ4v) is 3.73. The largest absolute Gasteiger partial charge is 0.497 e. The van der Waals surface area contributed by atoms with Gasteiger partial charge in [0.15, 0.2) is 0 Å². The highest BCUT2D eigenvalue weighted by molar-refractivity contribution is 6.09. The van der Waals surface area contributed by atoms with Crippen LogP contribution in [0.3, 0.4) is 0 Å². The van der Waals surface area contributed by atoms with E-state index in [9.17, 15) is 22.8 Å². The van der Waals surface area contributed by atoms with Crippen LogP contribution in [-0.2, 0) is 6.42 Å². The van der Waals surface area contributed by atoms with Crippen molar-refractivity contribution in [1.29, 1.82) is 0 Å². The van der Waals surface area contributed by atoms with Gasteiger partial charge in [-0.25, -0.2) is 0 Å². The zero-order valence-electron chi connectivity index (χ0n) is 18.1. The van der Waals surface area contributed by atoms with Gasteiger partial charge >= 0.3 is 6.18 Å². The number of nitrogens with one attached hydrogen (secondary N) is 1. The molecule has 0 atom stereocenters. The molecule has 0 saturated carbocycles. The van der Waals surface area contributed by atoms with Crippen molar-refractivity contribution in [2.24, 2.45) is 0 Å². The van der Waals surface area contributed by atoms with Gasteiger partial charge in [-0.1, -0.05) is 24.1 Å². The van der Waals surface area contributed by atoms with Crippen LogP contribution in [0.4, 0.5) is 24.5 Å². The Morgan fingerprint density at radius 2 is 1.79 bits per heavy atom. The van der Waals surface area contributed by atoms with Crippen LogP contribution in [0.15, 0.2) is 66.7 Å². The Balaban J connectivity index is 1.67. The molecular weight excluding hydrogens is 445 g/mol. The summed E-state index contributed by atoms with van der Waals surface area (Å²) in [7, 11) is 1.53. The van der Waals surface area contributed by atoms with Crippen molar-refractivity contribution >= 4 is 23.2 Å². The summed E-state index contributed by atoms with van der Waals surface area (Å²) in [6.07, 6.45) is -4.28. The van der Waals surface area contributed by atoms with Crippen molar-refractivity contribution in [3.8, 4) is 17.6 Å². The van der Waals surface area contributed by atoms with Crippen molar-refractivity contribution in [3.05, 3.63) is 89.0 Å². The molecule has 0 radical (unpaired) electrons. The molecule has 3 aromatic rings. The summed E-state index contributed by atoms with van der Waals surface area (Å²) in [6, 6.07) is 18.5. The first-order chi connectivity index (χ1) is 16.2. The van der Waals surface area contributed by atoms with E-state index >= 15 is 0 Å². The molecule has 3 aromatic carbocycles. The third-order valence-electron chi connectivity index (χ3n) is 5.32. The van der Waals surface area contributed by atoms with Crippen LogP contribution in [0.2, 0.25) is 0 Å². The number of halogens is 3. The second kappa shape index (κ2) is 9.32. The molecule has 0 spiro atoms.